The quantitative estimate of drug-likeness (QED) is 0.830. The standard InChI is InChI=1S/C13H20FNO2/c1-10(2)17-7-6-15(3)9-11-8-12(14)4-5-13(11)16/h4-5,8,10,16H,6-7,9H2,1-3H3. The molecule has 0 atom stereocenters. The van der Waals surface area contributed by atoms with Gasteiger partial charge in [0, 0.05) is 18.7 Å². The summed E-state index contributed by atoms with van der Waals surface area (Å²) in [6.45, 7) is 5.85. The molecule has 0 aliphatic carbocycles. The zero-order valence-corrected chi connectivity index (χ0v) is 10.6. The highest BCUT2D eigenvalue weighted by atomic mass is 19.1. The van der Waals surface area contributed by atoms with E-state index in [-0.39, 0.29) is 17.7 Å². The van der Waals surface area contributed by atoms with Gasteiger partial charge in [-0.1, -0.05) is 0 Å². The number of benzene rings is 1. The predicted molar refractivity (Wildman–Crippen MR) is 65.5 cm³/mol. The molecule has 0 fully saturated rings. The summed E-state index contributed by atoms with van der Waals surface area (Å²) in [6.07, 6.45) is 0.214. The summed E-state index contributed by atoms with van der Waals surface area (Å²) in [7, 11) is 1.91. The van der Waals surface area contributed by atoms with Gasteiger partial charge in [0.15, 0.2) is 0 Å². The van der Waals surface area contributed by atoms with Crippen LogP contribution in [0.5, 0.6) is 5.75 Å². The Morgan fingerprint density at radius 2 is 2.12 bits per heavy atom. The molecule has 17 heavy (non-hydrogen) atoms. The van der Waals surface area contributed by atoms with Crippen LogP contribution in [0.25, 0.3) is 0 Å². The lowest BCUT2D eigenvalue weighted by Crippen LogP contribution is -2.24. The first-order chi connectivity index (χ1) is 7.99. The number of hydrogen-bond donors (Lipinski definition) is 1. The van der Waals surface area contributed by atoms with E-state index in [9.17, 15) is 9.50 Å². The Balaban J connectivity index is 2.44. The van der Waals surface area contributed by atoms with E-state index >= 15 is 0 Å². The molecule has 0 aromatic heterocycles. The molecule has 0 saturated heterocycles. The van der Waals surface area contributed by atoms with Crippen molar-refractivity contribution in [2.45, 2.75) is 26.5 Å². The fourth-order valence-corrected chi connectivity index (χ4v) is 1.49. The molecule has 0 aliphatic heterocycles. The van der Waals surface area contributed by atoms with Crippen molar-refractivity contribution in [2.24, 2.45) is 0 Å². The van der Waals surface area contributed by atoms with Gasteiger partial charge in [-0.2, -0.15) is 0 Å². The highest BCUT2D eigenvalue weighted by Crippen LogP contribution is 2.19. The van der Waals surface area contributed by atoms with Gasteiger partial charge in [-0.05, 0) is 39.1 Å². The van der Waals surface area contributed by atoms with Crippen molar-refractivity contribution in [1.29, 1.82) is 0 Å². The van der Waals surface area contributed by atoms with Crippen LogP contribution < -0.4 is 0 Å². The third-order valence-corrected chi connectivity index (χ3v) is 2.41. The molecule has 0 unspecified atom stereocenters. The van der Waals surface area contributed by atoms with Crippen molar-refractivity contribution < 1.29 is 14.2 Å². The Kier molecular flexibility index (Phi) is 5.38. The second kappa shape index (κ2) is 6.57. The second-order valence-corrected chi connectivity index (χ2v) is 4.43. The van der Waals surface area contributed by atoms with Crippen LogP contribution in [-0.4, -0.2) is 36.3 Å². The third kappa shape index (κ3) is 5.15. The van der Waals surface area contributed by atoms with Gasteiger partial charge in [-0.25, -0.2) is 4.39 Å². The smallest absolute Gasteiger partial charge is 0.123 e. The van der Waals surface area contributed by atoms with E-state index in [0.29, 0.717) is 18.7 Å². The van der Waals surface area contributed by atoms with Gasteiger partial charge in [-0.15, -0.1) is 0 Å². The lowest BCUT2D eigenvalue weighted by molar-refractivity contribution is 0.0625. The molecule has 4 heteroatoms. The fourth-order valence-electron chi connectivity index (χ4n) is 1.49. The van der Waals surface area contributed by atoms with E-state index < -0.39 is 0 Å². The number of aromatic hydroxyl groups is 1. The summed E-state index contributed by atoms with van der Waals surface area (Å²) < 4.78 is 18.4. The Hall–Kier alpha value is -1.13. The molecular formula is C13H20FNO2. The number of hydrogen-bond acceptors (Lipinski definition) is 3. The van der Waals surface area contributed by atoms with Crippen molar-refractivity contribution in [3.63, 3.8) is 0 Å². The highest BCUT2D eigenvalue weighted by Gasteiger charge is 2.06. The maximum absolute atomic E-state index is 13.0. The fraction of sp³-hybridized carbons (Fsp3) is 0.538. The maximum atomic E-state index is 13.0. The van der Waals surface area contributed by atoms with E-state index in [1.165, 1.54) is 18.2 Å². The van der Waals surface area contributed by atoms with Crippen LogP contribution in [0.4, 0.5) is 4.39 Å². The lowest BCUT2D eigenvalue weighted by Gasteiger charge is -2.18. The van der Waals surface area contributed by atoms with Gasteiger partial charge in [0.05, 0.1) is 12.7 Å². The molecule has 0 bridgehead atoms. The van der Waals surface area contributed by atoms with Crippen LogP contribution in [0.2, 0.25) is 0 Å². The van der Waals surface area contributed by atoms with Crippen LogP contribution in [0.15, 0.2) is 18.2 Å². The average molecular weight is 241 g/mol. The number of phenolic OH excluding ortho intramolecular Hbond substituents is 1. The molecule has 0 aliphatic rings. The second-order valence-electron chi connectivity index (χ2n) is 4.43. The topological polar surface area (TPSA) is 32.7 Å². The Bertz CT molecular complexity index is 355. The molecular weight excluding hydrogens is 221 g/mol. The summed E-state index contributed by atoms with van der Waals surface area (Å²) in [4.78, 5) is 1.98. The Morgan fingerprint density at radius 1 is 1.41 bits per heavy atom. The first kappa shape index (κ1) is 13.9. The maximum Gasteiger partial charge on any atom is 0.123 e. The van der Waals surface area contributed by atoms with E-state index in [1.807, 2.05) is 25.8 Å². The largest absolute Gasteiger partial charge is 0.508 e. The molecule has 1 aromatic rings. The molecule has 96 valence electrons. The van der Waals surface area contributed by atoms with Gasteiger partial charge >= 0.3 is 0 Å². The number of nitrogens with zero attached hydrogens (tertiary/aromatic N) is 1. The molecule has 0 amide bonds. The molecule has 1 N–H and O–H groups in total. The average Bonchev–Trinajstić information content (AvgIpc) is 2.23. The summed E-state index contributed by atoms with van der Waals surface area (Å²) >= 11 is 0. The summed E-state index contributed by atoms with van der Waals surface area (Å²) in [5.74, 6) is -0.201. The van der Waals surface area contributed by atoms with Crippen LogP contribution >= 0.6 is 0 Å². The van der Waals surface area contributed by atoms with Gasteiger partial charge in [0.2, 0.25) is 0 Å². The number of halogens is 1. The number of phenols is 1. The van der Waals surface area contributed by atoms with Crippen LogP contribution in [0.1, 0.15) is 19.4 Å². The van der Waals surface area contributed by atoms with E-state index in [4.69, 9.17) is 4.74 Å². The molecule has 0 spiro atoms. The van der Waals surface area contributed by atoms with Gasteiger partial charge in [0.25, 0.3) is 0 Å². The Labute approximate surface area is 102 Å². The predicted octanol–water partition coefficient (Wildman–Crippen LogP) is 2.39. The lowest BCUT2D eigenvalue weighted by atomic mass is 10.2. The van der Waals surface area contributed by atoms with Gasteiger partial charge < -0.3 is 9.84 Å². The molecule has 1 aromatic carbocycles. The van der Waals surface area contributed by atoms with Gasteiger partial charge in [0.1, 0.15) is 11.6 Å². The van der Waals surface area contributed by atoms with Crippen molar-refractivity contribution in [3.05, 3.63) is 29.6 Å². The van der Waals surface area contributed by atoms with Crippen molar-refractivity contribution in [1.82, 2.24) is 4.90 Å². The van der Waals surface area contributed by atoms with E-state index in [2.05, 4.69) is 0 Å². The van der Waals surface area contributed by atoms with Crippen LogP contribution in [0, 0.1) is 5.82 Å². The zero-order chi connectivity index (χ0) is 12.8. The summed E-state index contributed by atoms with van der Waals surface area (Å²) in [5.41, 5.74) is 0.594. The minimum Gasteiger partial charge on any atom is -0.508 e. The number of ether oxygens (including phenoxy) is 1. The van der Waals surface area contributed by atoms with E-state index in [1.54, 1.807) is 0 Å². The number of rotatable bonds is 6. The molecule has 1 rings (SSSR count). The monoisotopic (exact) mass is 241 g/mol. The van der Waals surface area contributed by atoms with E-state index in [0.717, 1.165) is 6.54 Å². The first-order valence-corrected chi connectivity index (χ1v) is 5.76. The third-order valence-electron chi connectivity index (χ3n) is 2.41. The SMILES string of the molecule is CC(C)OCCN(C)Cc1cc(F)ccc1O. The minimum absolute atomic E-state index is 0.128. The molecule has 3 nitrogen and oxygen atoms in total. The zero-order valence-electron chi connectivity index (χ0n) is 10.6. The van der Waals surface area contributed by atoms with Crippen LogP contribution in [-0.2, 0) is 11.3 Å². The minimum atomic E-state index is -0.329. The molecule has 0 heterocycles. The van der Waals surface area contributed by atoms with Gasteiger partial charge in [-0.3, -0.25) is 4.90 Å². The van der Waals surface area contributed by atoms with Crippen molar-refractivity contribution in [2.75, 3.05) is 20.2 Å². The van der Waals surface area contributed by atoms with Crippen molar-refractivity contribution in [3.8, 4) is 5.75 Å². The molecule has 0 radical (unpaired) electrons. The number of likely N-dealkylation sites (N-methyl/N-ethyl adjacent to an activating group) is 1. The first-order valence-electron chi connectivity index (χ1n) is 5.76. The summed E-state index contributed by atoms with van der Waals surface area (Å²) in [5, 5.41) is 9.57. The van der Waals surface area contributed by atoms with Crippen molar-refractivity contribution >= 4 is 0 Å². The molecule has 0 saturated carbocycles. The van der Waals surface area contributed by atoms with Crippen LogP contribution in [0.3, 0.4) is 0 Å². The highest BCUT2D eigenvalue weighted by molar-refractivity contribution is 5.32. The Morgan fingerprint density at radius 3 is 2.76 bits per heavy atom. The normalized spacial score (nSPS) is 11.4. The summed E-state index contributed by atoms with van der Waals surface area (Å²) in [6, 6.07) is 3.99.